The van der Waals surface area contributed by atoms with Crippen LogP contribution in [0.4, 0.5) is 0 Å². The zero-order valence-corrected chi connectivity index (χ0v) is 14.5. The first-order valence-electron chi connectivity index (χ1n) is 8.24. The summed E-state index contributed by atoms with van der Waals surface area (Å²) in [5, 5.41) is 0. The third-order valence-electron chi connectivity index (χ3n) is 5.28. The third kappa shape index (κ3) is 2.56. The van der Waals surface area contributed by atoms with Crippen LogP contribution in [-0.2, 0) is 10.2 Å². The fourth-order valence-corrected chi connectivity index (χ4v) is 3.17. The first-order valence-corrected chi connectivity index (χ1v) is 8.24. The van der Waals surface area contributed by atoms with E-state index in [2.05, 4.69) is 46.8 Å². The van der Waals surface area contributed by atoms with E-state index in [4.69, 9.17) is 4.74 Å². The SMILES string of the molecule is Cc1cc2c(c(C(C)(C)C(C)C)c1)OC(=O)C2c1ccccc1. The highest BCUT2D eigenvalue weighted by Gasteiger charge is 2.39. The summed E-state index contributed by atoms with van der Waals surface area (Å²) in [5.41, 5.74) is 4.25. The van der Waals surface area contributed by atoms with Gasteiger partial charge in [-0.15, -0.1) is 0 Å². The molecule has 0 bridgehead atoms. The number of fused-ring (bicyclic) bond motifs is 1. The van der Waals surface area contributed by atoms with E-state index in [1.165, 1.54) is 5.56 Å². The van der Waals surface area contributed by atoms with E-state index in [-0.39, 0.29) is 17.3 Å². The Morgan fingerprint density at radius 3 is 2.35 bits per heavy atom. The summed E-state index contributed by atoms with van der Waals surface area (Å²) < 4.78 is 5.76. The molecule has 0 radical (unpaired) electrons. The number of carbonyl (C=O) groups excluding carboxylic acids is 1. The van der Waals surface area contributed by atoms with Crippen LogP contribution in [0.1, 0.15) is 55.9 Å². The van der Waals surface area contributed by atoms with E-state index in [1.54, 1.807) is 0 Å². The standard InChI is InChI=1S/C21H24O2/c1-13(2)21(4,5)17-12-14(3)11-16-18(20(22)23-19(16)17)15-9-7-6-8-10-15/h6-13,18H,1-5H3. The Bertz CT molecular complexity index is 742. The molecule has 1 heterocycles. The molecule has 23 heavy (non-hydrogen) atoms. The van der Waals surface area contributed by atoms with Gasteiger partial charge in [0, 0.05) is 11.1 Å². The summed E-state index contributed by atoms with van der Waals surface area (Å²) in [6.07, 6.45) is 0. The van der Waals surface area contributed by atoms with Crippen molar-refractivity contribution in [2.75, 3.05) is 0 Å². The molecule has 120 valence electrons. The second kappa shape index (κ2) is 5.52. The Kier molecular flexibility index (Phi) is 3.79. The van der Waals surface area contributed by atoms with Crippen molar-refractivity contribution in [1.82, 2.24) is 0 Å². The molecule has 2 heteroatoms. The maximum Gasteiger partial charge on any atom is 0.323 e. The molecule has 2 aromatic rings. The smallest absolute Gasteiger partial charge is 0.323 e. The molecule has 1 aliphatic rings. The number of esters is 1. The predicted molar refractivity (Wildman–Crippen MR) is 93.0 cm³/mol. The van der Waals surface area contributed by atoms with Gasteiger partial charge in [-0.3, -0.25) is 4.79 Å². The van der Waals surface area contributed by atoms with Gasteiger partial charge in [-0.25, -0.2) is 0 Å². The molecule has 3 rings (SSSR count). The molecular formula is C21H24O2. The maximum absolute atomic E-state index is 12.6. The van der Waals surface area contributed by atoms with Crippen molar-refractivity contribution in [3.8, 4) is 5.75 Å². The lowest BCUT2D eigenvalue weighted by Gasteiger charge is -2.31. The van der Waals surface area contributed by atoms with Crippen LogP contribution in [0.2, 0.25) is 0 Å². The molecule has 1 aliphatic heterocycles. The Hall–Kier alpha value is -2.09. The summed E-state index contributed by atoms with van der Waals surface area (Å²) in [6.45, 7) is 10.9. The molecule has 2 aromatic carbocycles. The van der Waals surface area contributed by atoms with Crippen molar-refractivity contribution >= 4 is 5.97 Å². The van der Waals surface area contributed by atoms with E-state index in [9.17, 15) is 4.79 Å². The molecule has 0 amide bonds. The molecule has 2 nitrogen and oxygen atoms in total. The molecule has 0 aliphatic carbocycles. The lowest BCUT2D eigenvalue weighted by atomic mass is 9.73. The summed E-state index contributed by atoms with van der Waals surface area (Å²) in [4.78, 5) is 12.6. The minimum Gasteiger partial charge on any atom is -0.425 e. The second-order valence-electron chi connectivity index (χ2n) is 7.37. The van der Waals surface area contributed by atoms with Crippen LogP contribution in [0.3, 0.4) is 0 Å². The molecule has 0 saturated carbocycles. The number of hydrogen-bond donors (Lipinski definition) is 0. The van der Waals surface area contributed by atoms with Crippen LogP contribution in [0.5, 0.6) is 5.75 Å². The van der Waals surface area contributed by atoms with E-state index in [0.29, 0.717) is 5.92 Å². The molecule has 0 spiro atoms. The highest BCUT2D eigenvalue weighted by atomic mass is 16.5. The van der Waals surface area contributed by atoms with E-state index in [0.717, 1.165) is 22.4 Å². The summed E-state index contributed by atoms with van der Waals surface area (Å²) in [7, 11) is 0. The third-order valence-corrected chi connectivity index (χ3v) is 5.28. The Morgan fingerprint density at radius 1 is 1.09 bits per heavy atom. The number of aryl methyl sites for hydroxylation is 1. The lowest BCUT2D eigenvalue weighted by Crippen LogP contribution is -2.25. The average Bonchev–Trinajstić information content (AvgIpc) is 2.82. The van der Waals surface area contributed by atoms with Crippen molar-refractivity contribution < 1.29 is 9.53 Å². The fraction of sp³-hybridized carbons (Fsp3) is 0.381. The molecule has 0 aromatic heterocycles. The monoisotopic (exact) mass is 308 g/mol. The fourth-order valence-electron chi connectivity index (χ4n) is 3.17. The van der Waals surface area contributed by atoms with E-state index < -0.39 is 0 Å². The van der Waals surface area contributed by atoms with E-state index in [1.807, 2.05) is 30.3 Å². The Balaban J connectivity index is 2.20. The Labute approximate surface area is 138 Å². The van der Waals surface area contributed by atoms with Crippen molar-refractivity contribution in [1.29, 1.82) is 0 Å². The topological polar surface area (TPSA) is 26.3 Å². The first-order chi connectivity index (χ1) is 10.8. The van der Waals surface area contributed by atoms with Gasteiger partial charge in [-0.1, -0.05) is 75.7 Å². The van der Waals surface area contributed by atoms with Gasteiger partial charge in [0.1, 0.15) is 11.7 Å². The maximum atomic E-state index is 12.6. The molecule has 0 saturated heterocycles. The van der Waals surface area contributed by atoms with Gasteiger partial charge in [0.25, 0.3) is 0 Å². The van der Waals surface area contributed by atoms with Crippen LogP contribution in [0.15, 0.2) is 42.5 Å². The van der Waals surface area contributed by atoms with Gasteiger partial charge in [0.15, 0.2) is 0 Å². The number of carbonyl (C=O) groups is 1. The summed E-state index contributed by atoms with van der Waals surface area (Å²) >= 11 is 0. The zero-order valence-electron chi connectivity index (χ0n) is 14.5. The first kappa shape index (κ1) is 15.8. The van der Waals surface area contributed by atoms with Gasteiger partial charge < -0.3 is 4.74 Å². The number of benzene rings is 2. The quantitative estimate of drug-likeness (QED) is 0.590. The van der Waals surface area contributed by atoms with Crippen molar-refractivity contribution in [3.63, 3.8) is 0 Å². The van der Waals surface area contributed by atoms with E-state index >= 15 is 0 Å². The summed E-state index contributed by atoms with van der Waals surface area (Å²) in [5.74, 6) is 0.737. The van der Waals surface area contributed by atoms with Crippen LogP contribution >= 0.6 is 0 Å². The van der Waals surface area contributed by atoms with Crippen LogP contribution in [0.25, 0.3) is 0 Å². The van der Waals surface area contributed by atoms with Crippen molar-refractivity contribution in [2.45, 2.75) is 46.0 Å². The number of ether oxygens (including phenoxy) is 1. The minimum absolute atomic E-state index is 0.0536. The number of rotatable bonds is 3. The van der Waals surface area contributed by atoms with Crippen LogP contribution in [-0.4, -0.2) is 5.97 Å². The van der Waals surface area contributed by atoms with Crippen LogP contribution in [0, 0.1) is 12.8 Å². The molecule has 1 atom stereocenters. The molecule has 1 unspecified atom stereocenters. The van der Waals surface area contributed by atoms with Gasteiger partial charge in [-0.05, 0) is 23.8 Å². The van der Waals surface area contributed by atoms with Gasteiger partial charge in [-0.2, -0.15) is 0 Å². The minimum atomic E-state index is -0.312. The average molecular weight is 308 g/mol. The zero-order chi connectivity index (χ0) is 16.8. The van der Waals surface area contributed by atoms with Gasteiger partial charge in [0.05, 0.1) is 0 Å². The normalized spacial score (nSPS) is 17.3. The highest BCUT2D eigenvalue weighted by Crippen LogP contribution is 2.47. The lowest BCUT2D eigenvalue weighted by molar-refractivity contribution is -0.133. The van der Waals surface area contributed by atoms with Gasteiger partial charge >= 0.3 is 5.97 Å². The van der Waals surface area contributed by atoms with Crippen molar-refractivity contribution in [3.05, 3.63) is 64.7 Å². The Morgan fingerprint density at radius 2 is 1.74 bits per heavy atom. The second-order valence-corrected chi connectivity index (χ2v) is 7.37. The molecule has 0 fully saturated rings. The highest BCUT2D eigenvalue weighted by molar-refractivity contribution is 5.90. The number of hydrogen-bond acceptors (Lipinski definition) is 2. The largest absolute Gasteiger partial charge is 0.425 e. The molecule has 0 N–H and O–H groups in total. The van der Waals surface area contributed by atoms with Crippen molar-refractivity contribution in [2.24, 2.45) is 5.92 Å². The van der Waals surface area contributed by atoms with Crippen LogP contribution < -0.4 is 4.74 Å². The predicted octanol–water partition coefficient (Wildman–Crippen LogP) is 4.98. The van der Waals surface area contributed by atoms with Gasteiger partial charge in [0.2, 0.25) is 0 Å². The summed E-state index contributed by atoms with van der Waals surface area (Å²) in [6, 6.07) is 14.2. The molecular weight excluding hydrogens is 284 g/mol.